The summed E-state index contributed by atoms with van der Waals surface area (Å²) < 4.78 is 7.82. The second kappa shape index (κ2) is 9.33. The van der Waals surface area contributed by atoms with Gasteiger partial charge in [0.1, 0.15) is 23.6 Å². The summed E-state index contributed by atoms with van der Waals surface area (Å²) in [5, 5.41) is 6.96. The first-order valence-corrected chi connectivity index (χ1v) is 12.5. The summed E-state index contributed by atoms with van der Waals surface area (Å²) in [6.07, 6.45) is 4.39. The fourth-order valence-electron chi connectivity index (χ4n) is 5.02. The van der Waals surface area contributed by atoms with Gasteiger partial charge in [-0.25, -0.2) is 19.6 Å². The Kier molecular flexibility index (Phi) is 5.84. The second-order valence-corrected chi connectivity index (χ2v) is 9.66. The molecule has 3 aromatic heterocycles. The first-order valence-electron chi connectivity index (χ1n) is 12.1. The van der Waals surface area contributed by atoms with Crippen molar-refractivity contribution in [3.63, 3.8) is 0 Å². The normalized spacial score (nSPS) is 17.8. The summed E-state index contributed by atoms with van der Waals surface area (Å²) in [7, 11) is 0. The van der Waals surface area contributed by atoms with E-state index in [2.05, 4.69) is 9.97 Å². The van der Waals surface area contributed by atoms with E-state index in [-0.39, 0.29) is 17.9 Å². The van der Waals surface area contributed by atoms with Crippen molar-refractivity contribution in [1.29, 1.82) is 0 Å². The number of amides is 1. The van der Waals surface area contributed by atoms with E-state index in [1.54, 1.807) is 0 Å². The predicted molar refractivity (Wildman–Crippen MR) is 142 cm³/mol. The third-order valence-electron chi connectivity index (χ3n) is 6.94. The molecule has 4 N–H and O–H groups in total. The highest BCUT2D eigenvalue weighted by Crippen LogP contribution is 2.40. The number of carbonyl (C=O) groups excluding carboxylic acids is 1. The Bertz CT molecular complexity index is 1630. The number of ether oxygens (including phenoxy) is 1. The molecule has 37 heavy (non-hydrogen) atoms. The topological polar surface area (TPSA) is 135 Å². The fourth-order valence-corrected chi connectivity index (χ4v) is 5.28. The van der Waals surface area contributed by atoms with E-state index in [0.717, 1.165) is 18.2 Å². The van der Waals surface area contributed by atoms with Crippen LogP contribution in [0.1, 0.15) is 31.7 Å². The molecule has 0 bridgehead atoms. The zero-order valence-electron chi connectivity index (χ0n) is 19.8. The number of aromatic nitrogens is 5. The summed E-state index contributed by atoms with van der Waals surface area (Å²) in [5.74, 6) is 1.13. The van der Waals surface area contributed by atoms with Crippen LogP contribution in [0.3, 0.4) is 0 Å². The molecule has 2 aromatic carbocycles. The zero-order chi connectivity index (χ0) is 25.5. The number of primary amides is 1. The molecule has 0 saturated heterocycles. The molecule has 1 amide bonds. The van der Waals surface area contributed by atoms with Crippen molar-refractivity contribution in [1.82, 2.24) is 24.7 Å². The molecule has 5 aromatic rings. The van der Waals surface area contributed by atoms with Crippen LogP contribution in [-0.4, -0.2) is 30.6 Å². The highest BCUT2D eigenvalue weighted by Gasteiger charge is 2.29. The number of hydrogen-bond donors (Lipinski definition) is 2. The van der Waals surface area contributed by atoms with Crippen LogP contribution < -0.4 is 16.2 Å². The molecule has 186 valence electrons. The maximum absolute atomic E-state index is 11.6. The molecule has 0 unspecified atom stereocenters. The summed E-state index contributed by atoms with van der Waals surface area (Å²) in [4.78, 5) is 25.1. The van der Waals surface area contributed by atoms with E-state index in [4.69, 9.17) is 37.9 Å². The lowest BCUT2D eigenvalue weighted by Gasteiger charge is -2.27. The van der Waals surface area contributed by atoms with E-state index >= 15 is 0 Å². The third-order valence-corrected chi connectivity index (χ3v) is 7.25. The number of nitrogens with two attached hydrogens (primary N) is 2. The van der Waals surface area contributed by atoms with Crippen LogP contribution in [0, 0.1) is 5.92 Å². The quantitative estimate of drug-likeness (QED) is 0.326. The smallest absolute Gasteiger partial charge is 0.220 e. The van der Waals surface area contributed by atoms with Gasteiger partial charge in [-0.2, -0.15) is 5.10 Å². The van der Waals surface area contributed by atoms with Gasteiger partial charge in [0.2, 0.25) is 11.8 Å². The monoisotopic (exact) mass is 513 g/mol. The second-order valence-electron chi connectivity index (χ2n) is 9.25. The number of anilines is 1. The van der Waals surface area contributed by atoms with Gasteiger partial charge in [0.05, 0.1) is 22.0 Å². The van der Waals surface area contributed by atoms with Crippen molar-refractivity contribution < 1.29 is 9.53 Å². The number of halogens is 1. The maximum Gasteiger partial charge on any atom is 0.220 e. The molecule has 0 spiro atoms. The summed E-state index contributed by atoms with van der Waals surface area (Å²) in [6.45, 7) is 0. The number of fused-ring (bicyclic) bond motifs is 2. The average Bonchev–Trinajstić information content (AvgIpc) is 3.30. The van der Waals surface area contributed by atoms with Gasteiger partial charge in [-0.3, -0.25) is 4.79 Å². The minimum atomic E-state index is -0.248. The summed E-state index contributed by atoms with van der Waals surface area (Å²) in [6, 6.07) is 17.0. The lowest BCUT2D eigenvalue weighted by Crippen LogP contribution is -2.28. The number of carbonyl (C=O) groups is 1. The summed E-state index contributed by atoms with van der Waals surface area (Å²) in [5.41, 5.74) is 14.5. The van der Waals surface area contributed by atoms with Gasteiger partial charge in [-0.15, -0.1) is 0 Å². The van der Waals surface area contributed by atoms with E-state index in [1.807, 2.05) is 59.3 Å². The van der Waals surface area contributed by atoms with Crippen molar-refractivity contribution in [3.05, 3.63) is 65.9 Å². The van der Waals surface area contributed by atoms with Gasteiger partial charge >= 0.3 is 0 Å². The number of nitrogen functional groups attached to an aromatic ring is 1. The lowest BCUT2D eigenvalue weighted by atomic mass is 9.86. The van der Waals surface area contributed by atoms with Gasteiger partial charge < -0.3 is 16.2 Å². The van der Waals surface area contributed by atoms with Crippen LogP contribution in [0.15, 0.2) is 60.9 Å². The fraction of sp³-hybridized carbons (Fsp3) is 0.222. The van der Waals surface area contributed by atoms with E-state index in [1.165, 1.54) is 6.33 Å². The van der Waals surface area contributed by atoms with E-state index in [9.17, 15) is 4.79 Å². The molecule has 1 fully saturated rings. The molecule has 6 rings (SSSR count). The molecule has 1 aliphatic carbocycles. The van der Waals surface area contributed by atoms with Crippen molar-refractivity contribution in [2.24, 2.45) is 11.7 Å². The van der Waals surface area contributed by atoms with Crippen molar-refractivity contribution in [2.45, 2.75) is 31.7 Å². The number of hydrogen-bond acceptors (Lipinski definition) is 7. The Morgan fingerprint density at radius 2 is 1.81 bits per heavy atom. The minimum absolute atomic E-state index is 0.0596. The number of pyridine rings is 1. The zero-order valence-corrected chi connectivity index (χ0v) is 20.6. The van der Waals surface area contributed by atoms with Crippen LogP contribution in [0.2, 0.25) is 5.02 Å². The highest BCUT2D eigenvalue weighted by molar-refractivity contribution is 6.34. The Morgan fingerprint density at radius 1 is 1.03 bits per heavy atom. The van der Waals surface area contributed by atoms with Crippen LogP contribution in [-0.2, 0) is 4.79 Å². The number of para-hydroxylation sites is 1. The van der Waals surface area contributed by atoms with Gasteiger partial charge in [-0.1, -0.05) is 29.8 Å². The maximum atomic E-state index is 11.6. The van der Waals surface area contributed by atoms with Crippen LogP contribution in [0.25, 0.3) is 33.2 Å². The molecule has 0 aliphatic heterocycles. The van der Waals surface area contributed by atoms with Crippen LogP contribution in [0.5, 0.6) is 11.6 Å². The first kappa shape index (κ1) is 23.2. The molecular formula is C27H24ClN7O2. The van der Waals surface area contributed by atoms with Crippen LogP contribution >= 0.6 is 11.6 Å². The van der Waals surface area contributed by atoms with E-state index < -0.39 is 0 Å². The molecule has 10 heteroatoms. The standard InChI is InChI=1S/C27H24ClN7O2/c28-20-12-16-8-11-22(37-18-4-2-1-3-5-18)33-21(16)13-19(20)24-23-25(29)31-14-32-27(23)35(34-24)17-9-6-15(7-10-17)26(30)36/h1-5,8,11-15,17H,6-7,9-10H2,(H2,30,36)(H2,29,31,32). The van der Waals surface area contributed by atoms with Crippen molar-refractivity contribution >= 4 is 45.3 Å². The highest BCUT2D eigenvalue weighted by atomic mass is 35.5. The molecule has 0 atom stereocenters. The average molecular weight is 514 g/mol. The molecule has 3 heterocycles. The van der Waals surface area contributed by atoms with Gasteiger partial charge in [0.15, 0.2) is 5.65 Å². The molecular weight excluding hydrogens is 490 g/mol. The van der Waals surface area contributed by atoms with E-state index in [0.29, 0.717) is 63.1 Å². The lowest BCUT2D eigenvalue weighted by molar-refractivity contribution is -0.122. The number of nitrogens with zero attached hydrogens (tertiary/aromatic N) is 5. The molecule has 9 nitrogen and oxygen atoms in total. The third kappa shape index (κ3) is 4.31. The molecule has 1 saturated carbocycles. The van der Waals surface area contributed by atoms with Crippen molar-refractivity contribution in [2.75, 3.05) is 5.73 Å². The number of benzene rings is 2. The van der Waals surface area contributed by atoms with Gasteiger partial charge in [0.25, 0.3) is 0 Å². The Morgan fingerprint density at radius 3 is 2.57 bits per heavy atom. The molecule has 0 radical (unpaired) electrons. The van der Waals surface area contributed by atoms with Crippen LogP contribution in [0.4, 0.5) is 5.82 Å². The first-order chi connectivity index (χ1) is 18.0. The minimum Gasteiger partial charge on any atom is -0.439 e. The van der Waals surface area contributed by atoms with Gasteiger partial charge in [0, 0.05) is 22.9 Å². The summed E-state index contributed by atoms with van der Waals surface area (Å²) >= 11 is 6.77. The number of rotatable bonds is 5. The predicted octanol–water partition coefficient (Wildman–Crippen LogP) is 5.29. The van der Waals surface area contributed by atoms with Gasteiger partial charge in [-0.05, 0) is 56.0 Å². The van der Waals surface area contributed by atoms with Crippen molar-refractivity contribution in [3.8, 4) is 22.9 Å². The Balaban J connectivity index is 1.43. The SMILES string of the molecule is NC(=O)C1CCC(n2nc(-c3cc4nc(Oc5ccccc5)ccc4cc3Cl)c3c(N)ncnc32)CC1. The molecule has 1 aliphatic rings. The largest absolute Gasteiger partial charge is 0.439 e. The Hall–Kier alpha value is -4.24. The Labute approximate surface area is 217 Å².